The fourth-order valence-electron chi connectivity index (χ4n) is 1.01. The summed E-state index contributed by atoms with van der Waals surface area (Å²) in [5, 5.41) is 5.84. The van der Waals surface area contributed by atoms with Crippen molar-refractivity contribution in [3.63, 3.8) is 0 Å². The minimum atomic E-state index is -0.440. The number of carbonyl (C=O) groups excluding carboxylic acids is 1. The van der Waals surface area contributed by atoms with Crippen LogP contribution >= 0.6 is 0 Å². The molecule has 4 nitrogen and oxygen atoms in total. The molecule has 0 unspecified atom stereocenters. The largest absolute Gasteiger partial charge is 0.444 e. The van der Waals surface area contributed by atoms with Gasteiger partial charge in [0.15, 0.2) is 0 Å². The first-order chi connectivity index (χ1) is 7.45. The second kappa shape index (κ2) is 8.00. The summed E-state index contributed by atoms with van der Waals surface area (Å²) in [7, 11) is 0. The molecule has 0 aliphatic rings. The summed E-state index contributed by atoms with van der Waals surface area (Å²) in [5.74, 6) is 2.57. The van der Waals surface area contributed by atoms with Crippen LogP contribution in [0, 0.1) is 12.3 Å². The number of nitrogens with one attached hydrogen (secondary N) is 2. The van der Waals surface area contributed by atoms with Crippen molar-refractivity contribution in [2.24, 2.45) is 0 Å². The highest BCUT2D eigenvalue weighted by atomic mass is 16.6. The lowest BCUT2D eigenvalue weighted by atomic mass is 10.2. The molecule has 92 valence electrons. The van der Waals surface area contributed by atoms with E-state index >= 15 is 0 Å². The Morgan fingerprint density at radius 3 is 2.56 bits per heavy atom. The number of terminal acetylenes is 1. The van der Waals surface area contributed by atoms with Gasteiger partial charge in [-0.25, -0.2) is 4.79 Å². The van der Waals surface area contributed by atoms with Crippen LogP contribution in [0.2, 0.25) is 0 Å². The van der Waals surface area contributed by atoms with Crippen LogP contribution in [0.5, 0.6) is 0 Å². The molecule has 0 rings (SSSR count). The monoisotopic (exact) mass is 226 g/mol. The smallest absolute Gasteiger partial charge is 0.407 e. The van der Waals surface area contributed by atoms with Gasteiger partial charge in [-0.05, 0) is 33.7 Å². The second-order valence-electron chi connectivity index (χ2n) is 4.49. The third-order valence-corrected chi connectivity index (χ3v) is 1.64. The Kier molecular flexibility index (Phi) is 7.40. The van der Waals surface area contributed by atoms with Gasteiger partial charge in [-0.3, -0.25) is 0 Å². The minimum absolute atomic E-state index is 0.377. The summed E-state index contributed by atoms with van der Waals surface area (Å²) < 4.78 is 5.08. The van der Waals surface area contributed by atoms with Crippen molar-refractivity contribution in [1.29, 1.82) is 0 Å². The molecule has 0 saturated carbocycles. The van der Waals surface area contributed by atoms with Crippen molar-refractivity contribution in [3.8, 4) is 12.3 Å². The van der Waals surface area contributed by atoms with Gasteiger partial charge in [-0.1, -0.05) is 0 Å². The molecule has 0 spiro atoms. The van der Waals surface area contributed by atoms with Crippen LogP contribution in [0.1, 0.15) is 33.6 Å². The zero-order valence-corrected chi connectivity index (χ0v) is 10.4. The van der Waals surface area contributed by atoms with Crippen molar-refractivity contribution in [1.82, 2.24) is 10.6 Å². The van der Waals surface area contributed by atoms with Gasteiger partial charge < -0.3 is 15.4 Å². The number of amides is 1. The van der Waals surface area contributed by atoms with Crippen LogP contribution in [0.3, 0.4) is 0 Å². The van der Waals surface area contributed by atoms with Crippen LogP contribution in [0.4, 0.5) is 4.79 Å². The molecule has 1 amide bonds. The van der Waals surface area contributed by atoms with E-state index in [2.05, 4.69) is 16.6 Å². The number of hydrogen-bond donors (Lipinski definition) is 2. The fraction of sp³-hybridized carbons (Fsp3) is 0.750. The van der Waals surface area contributed by atoms with Gasteiger partial charge in [-0.15, -0.1) is 12.3 Å². The van der Waals surface area contributed by atoms with E-state index in [0.717, 1.165) is 25.9 Å². The van der Waals surface area contributed by atoms with Crippen LogP contribution in [0.25, 0.3) is 0 Å². The summed E-state index contributed by atoms with van der Waals surface area (Å²) in [6, 6.07) is 0. The molecule has 0 radical (unpaired) electrons. The number of rotatable bonds is 6. The molecule has 0 aromatic rings. The molecule has 0 aromatic heterocycles. The molecule has 16 heavy (non-hydrogen) atoms. The van der Waals surface area contributed by atoms with Gasteiger partial charge in [0.25, 0.3) is 0 Å². The summed E-state index contributed by atoms with van der Waals surface area (Å²) in [4.78, 5) is 11.2. The first-order valence-electron chi connectivity index (χ1n) is 5.57. The molecule has 0 bridgehead atoms. The zero-order valence-electron chi connectivity index (χ0n) is 10.4. The summed E-state index contributed by atoms with van der Waals surface area (Å²) in [6.45, 7) is 7.68. The third-order valence-electron chi connectivity index (χ3n) is 1.64. The molecule has 0 aromatic carbocycles. The van der Waals surface area contributed by atoms with Crippen molar-refractivity contribution >= 4 is 6.09 Å². The maximum Gasteiger partial charge on any atom is 0.407 e. The predicted molar refractivity (Wildman–Crippen MR) is 65.2 cm³/mol. The van der Waals surface area contributed by atoms with Crippen LogP contribution in [-0.4, -0.2) is 31.3 Å². The lowest BCUT2D eigenvalue weighted by molar-refractivity contribution is 0.0528. The standard InChI is InChI=1S/C12H22N2O2/c1-5-6-7-8-13-9-10-14-11(15)16-12(2,3)4/h1,13H,6-10H2,2-4H3,(H,14,15). The molecule has 2 N–H and O–H groups in total. The number of alkyl carbamates (subject to hydrolysis) is 1. The van der Waals surface area contributed by atoms with Gasteiger partial charge >= 0.3 is 6.09 Å². The van der Waals surface area contributed by atoms with Gasteiger partial charge in [0.05, 0.1) is 0 Å². The van der Waals surface area contributed by atoms with Gasteiger partial charge in [-0.2, -0.15) is 0 Å². The molecule has 0 atom stereocenters. The Labute approximate surface area is 98.1 Å². The Bertz CT molecular complexity index is 238. The van der Waals surface area contributed by atoms with Crippen molar-refractivity contribution in [2.45, 2.75) is 39.2 Å². The normalized spacial score (nSPS) is 10.6. The van der Waals surface area contributed by atoms with Gasteiger partial charge in [0.2, 0.25) is 0 Å². The molecule has 4 heteroatoms. The highest BCUT2D eigenvalue weighted by Gasteiger charge is 2.15. The van der Waals surface area contributed by atoms with Crippen LogP contribution in [0.15, 0.2) is 0 Å². The van der Waals surface area contributed by atoms with Crippen LogP contribution in [-0.2, 0) is 4.74 Å². The van der Waals surface area contributed by atoms with Crippen molar-refractivity contribution in [3.05, 3.63) is 0 Å². The zero-order chi connectivity index (χ0) is 12.4. The predicted octanol–water partition coefficient (Wildman–Crippen LogP) is 1.51. The maximum absolute atomic E-state index is 11.2. The topological polar surface area (TPSA) is 50.4 Å². The Hall–Kier alpha value is -1.21. The average Bonchev–Trinajstić information content (AvgIpc) is 2.13. The number of unbranched alkanes of at least 4 members (excludes halogenated alkanes) is 1. The first kappa shape index (κ1) is 14.8. The van der Waals surface area contributed by atoms with E-state index in [1.54, 1.807) is 0 Å². The maximum atomic E-state index is 11.2. The molecular weight excluding hydrogens is 204 g/mol. The minimum Gasteiger partial charge on any atom is -0.444 e. The van der Waals surface area contributed by atoms with E-state index in [1.807, 2.05) is 20.8 Å². The fourth-order valence-corrected chi connectivity index (χ4v) is 1.01. The summed E-state index contributed by atoms with van der Waals surface area (Å²) >= 11 is 0. The lowest BCUT2D eigenvalue weighted by Crippen LogP contribution is -2.36. The summed E-state index contributed by atoms with van der Waals surface area (Å²) in [5.41, 5.74) is -0.440. The Morgan fingerprint density at radius 1 is 1.31 bits per heavy atom. The number of carbonyl (C=O) groups is 1. The molecule has 0 aliphatic carbocycles. The first-order valence-corrected chi connectivity index (χ1v) is 5.57. The van der Waals surface area contributed by atoms with Crippen LogP contribution < -0.4 is 10.6 Å². The molecular formula is C12H22N2O2. The Morgan fingerprint density at radius 2 is 2.00 bits per heavy atom. The van der Waals surface area contributed by atoms with E-state index in [1.165, 1.54) is 0 Å². The van der Waals surface area contributed by atoms with E-state index in [4.69, 9.17) is 11.2 Å². The second-order valence-corrected chi connectivity index (χ2v) is 4.49. The SMILES string of the molecule is C#CCCCNCCNC(=O)OC(C)(C)C. The highest BCUT2D eigenvalue weighted by Crippen LogP contribution is 2.05. The highest BCUT2D eigenvalue weighted by molar-refractivity contribution is 5.67. The third kappa shape index (κ3) is 10.9. The molecule has 0 saturated heterocycles. The molecule has 0 aliphatic heterocycles. The van der Waals surface area contributed by atoms with E-state index in [-0.39, 0.29) is 6.09 Å². The molecule has 0 fully saturated rings. The number of ether oxygens (including phenoxy) is 1. The Balaban J connectivity index is 3.32. The quantitative estimate of drug-likeness (QED) is 0.533. The van der Waals surface area contributed by atoms with Crippen molar-refractivity contribution < 1.29 is 9.53 Å². The van der Waals surface area contributed by atoms with E-state index < -0.39 is 5.60 Å². The van der Waals surface area contributed by atoms with E-state index in [0.29, 0.717) is 6.54 Å². The van der Waals surface area contributed by atoms with E-state index in [9.17, 15) is 4.79 Å². The molecule has 0 heterocycles. The lowest BCUT2D eigenvalue weighted by Gasteiger charge is -2.19. The number of hydrogen-bond acceptors (Lipinski definition) is 3. The van der Waals surface area contributed by atoms with Gasteiger partial charge in [0, 0.05) is 19.5 Å². The average molecular weight is 226 g/mol. The summed E-state index contributed by atoms with van der Waals surface area (Å²) in [6.07, 6.45) is 6.49. The van der Waals surface area contributed by atoms with Gasteiger partial charge in [0.1, 0.15) is 5.60 Å². The van der Waals surface area contributed by atoms with Crippen molar-refractivity contribution in [2.75, 3.05) is 19.6 Å².